The van der Waals surface area contributed by atoms with Crippen molar-refractivity contribution in [3.8, 4) is 0 Å². The second-order valence-electron chi connectivity index (χ2n) is 5.87. The van der Waals surface area contributed by atoms with E-state index in [2.05, 4.69) is 15.2 Å². The van der Waals surface area contributed by atoms with Gasteiger partial charge in [0.2, 0.25) is 5.91 Å². The van der Waals surface area contributed by atoms with E-state index in [0.717, 1.165) is 51.2 Å². The molecule has 114 valence electrons. The molecule has 5 heteroatoms. The summed E-state index contributed by atoms with van der Waals surface area (Å²) in [6.07, 6.45) is 5.59. The molecule has 2 atom stereocenters. The standard InChI is InChI=1S/C16H23N3O2/c20-16(13-4-3-10-21-11-7-13)18-14-6-9-19(12-14)15-5-1-2-8-17-15/h1-2,5,8,13-14H,3-4,6-7,9-12H2,(H,18,20). The lowest BCUT2D eigenvalue weighted by Crippen LogP contribution is -2.40. The Morgan fingerprint density at radius 3 is 3.10 bits per heavy atom. The molecule has 1 N–H and O–H groups in total. The van der Waals surface area contributed by atoms with Crippen LogP contribution in [0, 0.1) is 5.92 Å². The molecule has 0 radical (unpaired) electrons. The van der Waals surface area contributed by atoms with Gasteiger partial charge in [-0.1, -0.05) is 6.07 Å². The summed E-state index contributed by atoms with van der Waals surface area (Å²) in [5.74, 6) is 1.32. The number of aromatic nitrogens is 1. The molecule has 5 nitrogen and oxygen atoms in total. The minimum Gasteiger partial charge on any atom is -0.381 e. The summed E-state index contributed by atoms with van der Waals surface area (Å²) in [7, 11) is 0. The van der Waals surface area contributed by atoms with Gasteiger partial charge in [0.15, 0.2) is 0 Å². The summed E-state index contributed by atoms with van der Waals surface area (Å²) < 4.78 is 5.42. The van der Waals surface area contributed by atoms with Crippen molar-refractivity contribution in [1.29, 1.82) is 0 Å². The van der Waals surface area contributed by atoms with Crippen LogP contribution in [0.3, 0.4) is 0 Å². The summed E-state index contributed by atoms with van der Waals surface area (Å²) in [6, 6.07) is 6.18. The van der Waals surface area contributed by atoms with E-state index < -0.39 is 0 Å². The molecule has 2 saturated heterocycles. The molecule has 3 rings (SSSR count). The van der Waals surface area contributed by atoms with E-state index in [-0.39, 0.29) is 17.9 Å². The molecule has 1 aromatic heterocycles. The molecular weight excluding hydrogens is 266 g/mol. The van der Waals surface area contributed by atoms with Gasteiger partial charge in [0, 0.05) is 44.5 Å². The van der Waals surface area contributed by atoms with Gasteiger partial charge in [0.1, 0.15) is 5.82 Å². The highest BCUT2D eigenvalue weighted by atomic mass is 16.5. The van der Waals surface area contributed by atoms with Crippen LogP contribution in [0.15, 0.2) is 24.4 Å². The van der Waals surface area contributed by atoms with Crippen molar-refractivity contribution >= 4 is 11.7 Å². The largest absolute Gasteiger partial charge is 0.381 e. The molecule has 0 aliphatic carbocycles. The highest BCUT2D eigenvalue weighted by Gasteiger charge is 2.27. The Labute approximate surface area is 125 Å². The van der Waals surface area contributed by atoms with Crippen molar-refractivity contribution in [3.05, 3.63) is 24.4 Å². The molecule has 2 fully saturated rings. The summed E-state index contributed by atoms with van der Waals surface area (Å²) in [5, 5.41) is 3.21. The topological polar surface area (TPSA) is 54.5 Å². The molecule has 3 heterocycles. The van der Waals surface area contributed by atoms with Crippen molar-refractivity contribution in [2.45, 2.75) is 31.7 Å². The third-order valence-electron chi connectivity index (χ3n) is 4.33. The Balaban J connectivity index is 1.51. The van der Waals surface area contributed by atoms with Crippen LogP contribution in [0.5, 0.6) is 0 Å². The molecule has 0 spiro atoms. The molecule has 2 aliphatic rings. The van der Waals surface area contributed by atoms with Crippen molar-refractivity contribution in [1.82, 2.24) is 10.3 Å². The van der Waals surface area contributed by atoms with Crippen molar-refractivity contribution < 1.29 is 9.53 Å². The quantitative estimate of drug-likeness (QED) is 0.918. The summed E-state index contributed by atoms with van der Waals surface area (Å²) >= 11 is 0. The molecule has 2 aliphatic heterocycles. The average Bonchev–Trinajstić information content (AvgIpc) is 2.81. The Morgan fingerprint density at radius 1 is 1.29 bits per heavy atom. The number of hydrogen-bond acceptors (Lipinski definition) is 4. The van der Waals surface area contributed by atoms with Gasteiger partial charge < -0.3 is 15.0 Å². The molecule has 1 amide bonds. The van der Waals surface area contributed by atoms with Crippen LogP contribution >= 0.6 is 0 Å². The number of rotatable bonds is 3. The number of amides is 1. The van der Waals surface area contributed by atoms with Crippen molar-refractivity contribution in [2.75, 3.05) is 31.2 Å². The van der Waals surface area contributed by atoms with Crippen LogP contribution in [0.2, 0.25) is 0 Å². The number of anilines is 1. The van der Waals surface area contributed by atoms with Gasteiger partial charge >= 0.3 is 0 Å². The molecule has 0 saturated carbocycles. The molecule has 2 unspecified atom stereocenters. The average molecular weight is 289 g/mol. The van der Waals surface area contributed by atoms with Gasteiger partial charge in [0.05, 0.1) is 0 Å². The van der Waals surface area contributed by atoms with E-state index in [9.17, 15) is 4.79 Å². The van der Waals surface area contributed by atoms with Gasteiger partial charge in [-0.05, 0) is 37.8 Å². The number of ether oxygens (including phenoxy) is 1. The van der Waals surface area contributed by atoms with Gasteiger partial charge in [-0.2, -0.15) is 0 Å². The predicted molar refractivity (Wildman–Crippen MR) is 81.2 cm³/mol. The SMILES string of the molecule is O=C(NC1CCN(c2ccccn2)C1)C1CCCOCC1. The molecular formula is C16H23N3O2. The third-order valence-corrected chi connectivity index (χ3v) is 4.33. The lowest BCUT2D eigenvalue weighted by atomic mass is 9.99. The lowest BCUT2D eigenvalue weighted by Gasteiger charge is -2.20. The highest BCUT2D eigenvalue weighted by Crippen LogP contribution is 2.20. The Hall–Kier alpha value is -1.62. The van der Waals surface area contributed by atoms with Crippen molar-refractivity contribution in [2.24, 2.45) is 5.92 Å². The van der Waals surface area contributed by atoms with Crippen LogP contribution in [0.1, 0.15) is 25.7 Å². The van der Waals surface area contributed by atoms with Crippen molar-refractivity contribution in [3.63, 3.8) is 0 Å². The van der Waals surface area contributed by atoms with E-state index in [1.165, 1.54) is 0 Å². The summed E-state index contributed by atoms with van der Waals surface area (Å²) in [5.41, 5.74) is 0. The third kappa shape index (κ3) is 3.73. The maximum absolute atomic E-state index is 12.3. The van der Waals surface area contributed by atoms with Gasteiger partial charge in [0.25, 0.3) is 0 Å². The first-order chi connectivity index (χ1) is 10.3. The first-order valence-electron chi connectivity index (χ1n) is 7.87. The monoisotopic (exact) mass is 289 g/mol. The fourth-order valence-corrected chi connectivity index (χ4v) is 3.11. The van der Waals surface area contributed by atoms with Crippen LogP contribution in [0.4, 0.5) is 5.82 Å². The number of nitrogens with zero attached hydrogens (tertiary/aromatic N) is 2. The summed E-state index contributed by atoms with van der Waals surface area (Å²) in [6.45, 7) is 3.31. The number of pyridine rings is 1. The van der Waals surface area contributed by atoms with E-state index in [1.807, 2.05) is 24.4 Å². The minimum atomic E-state index is 0.122. The minimum absolute atomic E-state index is 0.122. The van der Waals surface area contributed by atoms with Gasteiger partial charge in [-0.15, -0.1) is 0 Å². The number of carbonyl (C=O) groups excluding carboxylic acids is 1. The maximum atomic E-state index is 12.3. The van der Waals surface area contributed by atoms with E-state index >= 15 is 0 Å². The second-order valence-corrected chi connectivity index (χ2v) is 5.87. The molecule has 21 heavy (non-hydrogen) atoms. The second kappa shape index (κ2) is 6.89. The van der Waals surface area contributed by atoms with Crippen LogP contribution < -0.4 is 10.2 Å². The fourth-order valence-electron chi connectivity index (χ4n) is 3.11. The number of hydrogen-bond donors (Lipinski definition) is 1. The Morgan fingerprint density at radius 2 is 2.24 bits per heavy atom. The molecule has 0 aromatic carbocycles. The Bertz CT molecular complexity index is 458. The zero-order valence-corrected chi connectivity index (χ0v) is 12.3. The zero-order chi connectivity index (χ0) is 14.5. The normalized spacial score (nSPS) is 26.4. The predicted octanol–water partition coefficient (Wildman–Crippen LogP) is 1.59. The van der Waals surface area contributed by atoms with Crippen LogP contribution in [-0.4, -0.2) is 43.2 Å². The number of carbonyl (C=O) groups is 1. The first kappa shape index (κ1) is 14.3. The summed E-state index contributed by atoms with van der Waals surface area (Å²) in [4.78, 5) is 19.0. The van der Waals surface area contributed by atoms with E-state index in [0.29, 0.717) is 6.61 Å². The fraction of sp³-hybridized carbons (Fsp3) is 0.625. The van der Waals surface area contributed by atoms with Crippen LogP contribution in [-0.2, 0) is 9.53 Å². The smallest absolute Gasteiger partial charge is 0.223 e. The first-order valence-corrected chi connectivity index (χ1v) is 7.87. The molecule has 0 bridgehead atoms. The van der Waals surface area contributed by atoms with Gasteiger partial charge in [-0.25, -0.2) is 4.98 Å². The van der Waals surface area contributed by atoms with Gasteiger partial charge in [-0.3, -0.25) is 4.79 Å². The maximum Gasteiger partial charge on any atom is 0.223 e. The molecule has 1 aromatic rings. The van der Waals surface area contributed by atoms with E-state index in [1.54, 1.807) is 0 Å². The zero-order valence-electron chi connectivity index (χ0n) is 12.3. The lowest BCUT2D eigenvalue weighted by molar-refractivity contribution is -0.126. The Kier molecular flexibility index (Phi) is 4.70. The number of nitrogens with one attached hydrogen (secondary N) is 1. The van der Waals surface area contributed by atoms with Crippen LogP contribution in [0.25, 0.3) is 0 Å². The van der Waals surface area contributed by atoms with E-state index in [4.69, 9.17) is 4.74 Å². The highest BCUT2D eigenvalue weighted by molar-refractivity contribution is 5.79.